The van der Waals surface area contributed by atoms with Gasteiger partial charge in [-0.15, -0.1) is 0 Å². The molecule has 2 saturated heterocycles. The molecular formula is C24H27NO3. The molecule has 28 heavy (non-hydrogen) atoms. The molecule has 2 unspecified atom stereocenters. The molecule has 2 fully saturated rings. The summed E-state index contributed by atoms with van der Waals surface area (Å²) < 4.78 is 11.5. The summed E-state index contributed by atoms with van der Waals surface area (Å²) in [5.74, 6) is 1.86. The lowest BCUT2D eigenvalue weighted by molar-refractivity contribution is 0.0678. The summed E-state index contributed by atoms with van der Waals surface area (Å²) in [6.07, 6.45) is 5.24. The Hall–Kier alpha value is -2.33. The van der Waals surface area contributed by atoms with Gasteiger partial charge in [-0.2, -0.15) is 0 Å². The van der Waals surface area contributed by atoms with E-state index in [1.165, 1.54) is 18.4 Å². The van der Waals surface area contributed by atoms with E-state index in [2.05, 4.69) is 35.2 Å². The molecule has 0 N–H and O–H groups in total. The largest absolute Gasteiger partial charge is 0.490 e. The third kappa shape index (κ3) is 3.42. The molecule has 4 nitrogen and oxygen atoms in total. The van der Waals surface area contributed by atoms with Gasteiger partial charge in [-0.25, -0.2) is 0 Å². The van der Waals surface area contributed by atoms with Crippen LogP contribution in [0.4, 0.5) is 0 Å². The minimum Gasteiger partial charge on any atom is -0.490 e. The van der Waals surface area contributed by atoms with Crippen molar-refractivity contribution in [2.75, 3.05) is 13.2 Å². The van der Waals surface area contributed by atoms with Gasteiger partial charge in [-0.3, -0.25) is 9.69 Å². The molecule has 0 aliphatic carbocycles. The Morgan fingerprint density at radius 1 is 0.929 bits per heavy atom. The molecule has 0 amide bonds. The number of benzene rings is 2. The second kappa shape index (κ2) is 7.59. The topological polar surface area (TPSA) is 38.8 Å². The molecule has 2 aromatic rings. The van der Waals surface area contributed by atoms with Crippen LogP contribution in [-0.4, -0.2) is 36.0 Å². The van der Waals surface area contributed by atoms with Crippen molar-refractivity contribution in [1.82, 2.24) is 4.90 Å². The van der Waals surface area contributed by atoms with Crippen LogP contribution in [0.1, 0.15) is 48.0 Å². The highest BCUT2D eigenvalue weighted by atomic mass is 16.5. The minimum absolute atomic E-state index is 0.120. The van der Waals surface area contributed by atoms with Gasteiger partial charge in [0.25, 0.3) is 0 Å². The number of carbonyl (C=O) groups excluding carboxylic acids is 1. The highest BCUT2D eigenvalue weighted by molar-refractivity contribution is 5.98. The van der Waals surface area contributed by atoms with E-state index in [4.69, 9.17) is 9.47 Å². The fraction of sp³-hybridized carbons (Fsp3) is 0.458. The number of Topliss-reactive ketones (excluding diaryl/α,β-unsaturated/α-hetero) is 1. The van der Waals surface area contributed by atoms with Crippen LogP contribution in [0.2, 0.25) is 0 Å². The van der Waals surface area contributed by atoms with Gasteiger partial charge >= 0.3 is 0 Å². The predicted molar refractivity (Wildman–Crippen MR) is 108 cm³/mol. The molecular weight excluding hydrogens is 350 g/mol. The summed E-state index contributed by atoms with van der Waals surface area (Å²) in [7, 11) is 0. The number of nitrogens with zero attached hydrogens (tertiary/aromatic N) is 1. The average Bonchev–Trinajstić information content (AvgIpc) is 2.93. The van der Waals surface area contributed by atoms with Crippen molar-refractivity contribution in [1.29, 1.82) is 0 Å². The summed E-state index contributed by atoms with van der Waals surface area (Å²) in [6, 6.07) is 17.4. The maximum atomic E-state index is 13.2. The molecule has 3 aliphatic rings. The van der Waals surface area contributed by atoms with E-state index >= 15 is 0 Å². The van der Waals surface area contributed by atoms with E-state index < -0.39 is 0 Å². The zero-order chi connectivity index (χ0) is 18.9. The Morgan fingerprint density at radius 3 is 2.39 bits per heavy atom. The molecule has 0 aromatic heterocycles. The van der Waals surface area contributed by atoms with Crippen molar-refractivity contribution < 1.29 is 14.3 Å². The van der Waals surface area contributed by atoms with Crippen molar-refractivity contribution in [3.63, 3.8) is 0 Å². The number of ketones is 1. The highest BCUT2D eigenvalue weighted by Crippen LogP contribution is 2.41. The van der Waals surface area contributed by atoms with Gasteiger partial charge in [-0.1, -0.05) is 30.3 Å². The maximum Gasteiger partial charge on any atom is 0.166 e. The van der Waals surface area contributed by atoms with Crippen LogP contribution in [0.15, 0.2) is 48.5 Å². The fourth-order valence-electron chi connectivity index (χ4n) is 5.09. The van der Waals surface area contributed by atoms with E-state index in [1.807, 2.05) is 18.2 Å². The summed E-state index contributed by atoms with van der Waals surface area (Å²) in [5.41, 5.74) is 2.14. The second-order valence-electron chi connectivity index (χ2n) is 8.29. The smallest absolute Gasteiger partial charge is 0.166 e. The van der Waals surface area contributed by atoms with E-state index in [0.29, 0.717) is 31.0 Å². The molecule has 2 bridgehead atoms. The molecule has 5 rings (SSSR count). The molecule has 4 heteroatoms. The van der Waals surface area contributed by atoms with Gasteiger partial charge in [0.15, 0.2) is 17.3 Å². The Morgan fingerprint density at radius 2 is 1.64 bits per heavy atom. The summed E-state index contributed by atoms with van der Waals surface area (Å²) >= 11 is 0. The Balaban J connectivity index is 1.30. The molecule has 2 atom stereocenters. The lowest BCUT2D eigenvalue weighted by Gasteiger charge is -2.38. The predicted octanol–water partition coefficient (Wildman–Crippen LogP) is 4.47. The van der Waals surface area contributed by atoms with Crippen molar-refractivity contribution >= 4 is 5.78 Å². The van der Waals surface area contributed by atoms with Gasteiger partial charge in [-0.05, 0) is 49.4 Å². The third-order valence-corrected chi connectivity index (χ3v) is 6.50. The van der Waals surface area contributed by atoms with Crippen LogP contribution in [0.25, 0.3) is 0 Å². The van der Waals surface area contributed by atoms with Crippen molar-refractivity contribution in [3.8, 4) is 11.5 Å². The quantitative estimate of drug-likeness (QED) is 0.737. The van der Waals surface area contributed by atoms with Crippen molar-refractivity contribution in [2.45, 2.75) is 50.7 Å². The standard InChI is InChI=1S/C24H27NO3/c26-24(18-7-10-22-23(15-18)28-12-4-11-27-22)19-13-20-8-9-21(14-19)25(20)16-17-5-2-1-3-6-17/h1-3,5-7,10,15,19-21H,4,8-9,11-14,16H2. The average molecular weight is 377 g/mol. The molecule has 0 radical (unpaired) electrons. The molecule has 0 spiro atoms. The maximum absolute atomic E-state index is 13.2. The van der Waals surface area contributed by atoms with Crippen LogP contribution in [0.5, 0.6) is 11.5 Å². The van der Waals surface area contributed by atoms with Crippen LogP contribution in [-0.2, 0) is 6.54 Å². The normalized spacial score (nSPS) is 26.6. The number of fused-ring (bicyclic) bond motifs is 3. The highest BCUT2D eigenvalue weighted by Gasteiger charge is 2.42. The first-order valence-corrected chi connectivity index (χ1v) is 10.5. The Labute approximate surface area is 166 Å². The van der Waals surface area contributed by atoms with Crippen molar-refractivity contribution in [2.24, 2.45) is 5.92 Å². The lowest BCUT2D eigenvalue weighted by Crippen LogP contribution is -2.44. The fourth-order valence-corrected chi connectivity index (χ4v) is 5.09. The van der Waals surface area contributed by atoms with Crippen LogP contribution in [0.3, 0.4) is 0 Å². The molecule has 146 valence electrons. The molecule has 2 aromatic carbocycles. The number of rotatable bonds is 4. The number of ether oxygens (including phenoxy) is 2. The first-order chi connectivity index (χ1) is 13.8. The number of carbonyl (C=O) groups is 1. The second-order valence-corrected chi connectivity index (χ2v) is 8.29. The Kier molecular flexibility index (Phi) is 4.81. The minimum atomic E-state index is 0.120. The number of hydrogen-bond acceptors (Lipinski definition) is 4. The SMILES string of the molecule is O=C(c1ccc2c(c1)OCCCO2)C1CC2CCC(C1)N2Cc1ccccc1. The van der Waals surface area contributed by atoms with Crippen LogP contribution < -0.4 is 9.47 Å². The van der Waals surface area contributed by atoms with Gasteiger partial charge in [0.1, 0.15) is 0 Å². The zero-order valence-corrected chi connectivity index (χ0v) is 16.2. The van der Waals surface area contributed by atoms with Gasteiger partial charge in [0.05, 0.1) is 13.2 Å². The van der Waals surface area contributed by atoms with Gasteiger partial charge in [0, 0.05) is 36.5 Å². The van der Waals surface area contributed by atoms with Crippen LogP contribution >= 0.6 is 0 Å². The Bertz CT molecular complexity index is 836. The summed E-state index contributed by atoms with van der Waals surface area (Å²) in [5, 5.41) is 0. The first kappa shape index (κ1) is 17.7. The van der Waals surface area contributed by atoms with Gasteiger partial charge in [0.2, 0.25) is 0 Å². The summed E-state index contributed by atoms with van der Waals surface area (Å²) in [4.78, 5) is 15.9. The van der Waals surface area contributed by atoms with E-state index in [0.717, 1.165) is 37.1 Å². The zero-order valence-electron chi connectivity index (χ0n) is 16.2. The molecule has 0 saturated carbocycles. The lowest BCUT2D eigenvalue weighted by atomic mass is 9.84. The van der Waals surface area contributed by atoms with E-state index in [1.54, 1.807) is 0 Å². The first-order valence-electron chi connectivity index (χ1n) is 10.5. The molecule has 3 heterocycles. The monoisotopic (exact) mass is 377 g/mol. The van der Waals surface area contributed by atoms with E-state index in [-0.39, 0.29) is 11.7 Å². The number of piperidine rings is 1. The van der Waals surface area contributed by atoms with Crippen LogP contribution in [0, 0.1) is 5.92 Å². The van der Waals surface area contributed by atoms with Gasteiger partial charge < -0.3 is 9.47 Å². The van der Waals surface area contributed by atoms with E-state index in [9.17, 15) is 4.79 Å². The third-order valence-electron chi connectivity index (χ3n) is 6.50. The number of hydrogen-bond donors (Lipinski definition) is 0. The van der Waals surface area contributed by atoms with Crippen molar-refractivity contribution in [3.05, 3.63) is 59.7 Å². The molecule has 3 aliphatic heterocycles. The summed E-state index contributed by atoms with van der Waals surface area (Å²) in [6.45, 7) is 2.32.